The molecule has 80 valence electrons. The number of carbonyl (C=O) groups is 2. The summed E-state index contributed by atoms with van der Waals surface area (Å²) in [4.78, 5) is 23.2. The fraction of sp³-hybridized carbons (Fsp3) is 0.286. The first kappa shape index (κ1) is 10.8. The van der Waals surface area contributed by atoms with Crippen LogP contribution in [-0.4, -0.2) is 35.2 Å². The van der Waals surface area contributed by atoms with Crippen molar-refractivity contribution in [2.75, 3.05) is 7.05 Å². The summed E-state index contributed by atoms with van der Waals surface area (Å²) in [7, 11) is 1.39. The largest absolute Gasteiger partial charge is 0.366 e. The van der Waals surface area contributed by atoms with Gasteiger partial charge in [-0.1, -0.05) is 5.22 Å². The Morgan fingerprint density at radius 1 is 1.60 bits per heavy atom. The maximum Gasteiger partial charge on any atom is 0.352 e. The molecular weight excluding hydrogens is 200 g/mol. The predicted octanol–water partition coefficient (Wildman–Crippen LogP) is 0.0449. The Bertz CT molecular complexity index is 385. The van der Waals surface area contributed by atoms with Crippen molar-refractivity contribution in [2.45, 2.75) is 6.92 Å². The van der Waals surface area contributed by atoms with Crippen LogP contribution in [0.25, 0.3) is 0 Å². The maximum atomic E-state index is 11.5. The molecule has 8 heteroatoms. The highest BCUT2D eigenvalue weighted by atomic mass is 16.2. The lowest BCUT2D eigenvalue weighted by molar-refractivity contribution is -0.114. The van der Waals surface area contributed by atoms with E-state index in [0.29, 0.717) is 0 Å². The molecule has 8 nitrogen and oxygen atoms in total. The fourth-order valence-electron chi connectivity index (χ4n) is 0.925. The minimum Gasteiger partial charge on any atom is -0.366 e. The van der Waals surface area contributed by atoms with E-state index in [0.717, 1.165) is 16.2 Å². The molecule has 15 heavy (non-hydrogen) atoms. The Balaban J connectivity index is 3.25. The van der Waals surface area contributed by atoms with Gasteiger partial charge in [-0.25, -0.2) is 9.69 Å². The first-order valence-electron chi connectivity index (χ1n) is 3.99. The van der Waals surface area contributed by atoms with Gasteiger partial charge in [-0.05, 0) is 6.92 Å². The van der Waals surface area contributed by atoms with Crippen molar-refractivity contribution in [1.82, 2.24) is 9.91 Å². The van der Waals surface area contributed by atoms with Crippen molar-refractivity contribution in [2.24, 2.45) is 16.1 Å². The molecule has 0 spiro atoms. The van der Waals surface area contributed by atoms with Gasteiger partial charge in [0.25, 0.3) is 0 Å². The van der Waals surface area contributed by atoms with E-state index >= 15 is 0 Å². The summed E-state index contributed by atoms with van der Waals surface area (Å²) in [6.07, 6.45) is 0.749. The smallest absolute Gasteiger partial charge is 0.352 e. The summed E-state index contributed by atoms with van der Waals surface area (Å²) in [5.41, 5.74) is 5.11. The molecule has 3 N–H and O–H groups in total. The van der Waals surface area contributed by atoms with Gasteiger partial charge >= 0.3 is 6.03 Å². The summed E-state index contributed by atoms with van der Waals surface area (Å²) in [6.45, 7) is 1.41. The summed E-state index contributed by atoms with van der Waals surface area (Å²) in [5.74, 6) is -0.742. The van der Waals surface area contributed by atoms with Crippen LogP contribution in [0.2, 0.25) is 0 Å². The van der Waals surface area contributed by atoms with Crippen molar-refractivity contribution in [3.8, 4) is 0 Å². The second kappa shape index (κ2) is 3.86. The van der Waals surface area contributed by atoms with Crippen LogP contribution in [0, 0.1) is 5.41 Å². The van der Waals surface area contributed by atoms with Gasteiger partial charge in [-0.15, -0.1) is 5.11 Å². The topological polar surface area (TPSA) is 115 Å². The first-order chi connectivity index (χ1) is 6.99. The van der Waals surface area contributed by atoms with Crippen LogP contribution < -0.4 is 5.73 Å². The highest BCUT2D eigenvalue weighted by molar-refractivity contribution is 5.95. The lowest BCUT2D eigenvalue weighted by Crippen LogP contribution is -2.40. The van der Waals surface area contributed by atoms with E-state index < -0.39 is 11.9 Å². The third kappa shape index (κ3) is 1.82. The number of hydrogen-bond donors (Lipinski definition) is 2. The molecular formula is C7H10N6O2. The van der Waals surface area contributed by atoms with E-state index in [1.807, 2.05) is 0 Å². The lowest BCUT2D eigenvalue weighted by atomic mass is 10.3. The average Bonchev–Trinajstić information content (AvgIpc) is 2.20. The van der Waals surface area contributed by atoms with E-state index in [2.05, 4.69) is 10.3 Å². The number of carbonyl (C=O) groups excluding carboxylic acids is 2. The number of amides is 3. The number of rotatable bonds is 2. The van der Waals surface area contributed by atoms with Crippen LogP contribution in [0.4, 0.5) is 4.79 Å². The van der Waals surface area contributed by atoms with Crippen molar-refractivity contribution in [1.29, 1.82) is 5.41 Å². The van der Waals surface area contributed by atoms with Crippen LogP contribution in [0.15, 0.2) is 21.7 Å². The first-order valence-corrected chi connectivity index (χ1v) is 3.99. The molecule has 0 aliphatic carbocycles. The lowest BCUT2D eigenvalue weighted by Gasteiger charge is -2.25. The molecule has 3 amide bonds. The summed E-state index contributed by atoms with van der Waals surface area (Å²) in [6, 6.07) is -0.574. The molecule has 1 aliphatic rings. The van der Waals surface area contributed by atoms with Crippen LogP contribution in [-0.2, 0) is 4.79 Å². The number of hydrogen-bond acceptors (Lipinski definition) is 5. The number of nitrogens with zero attached hydrogens (tertiary/aromatic N) is 4. The molecule has 1 rings (SSSR count). The maximum absolute atomic E-state index is 11.5. The monoisotopic (exact) mass is 210 g/mol. The number of nitrogens with one attached hydrogen (secondary N) is 1. The molecule has 0 bridgehead atoms. The average molecular weight is 210 g/mol. The minimum atomic E-state index is -0.715. The molecule has 1 heterocycles. The second-order valence-corrected chi connectivity index (χ2v) is 2.81. The zero-order valence-corrected chi connectivity index (χ0v) is 8.26. The highest BCUT2D eigenvalue weighted by Crippen LogP contribution is 2.17. The van der Waals surface area contributed by atoms with E-state index in [1.54, 1.807) is 0 Å². The van der Waals surface area contributed by atoms with Crippen molar-refractivity contribution >= 4 is 18.3 Å². The zero-order valence-electron chi connectivity index (χ0n) is 8.26. The van der Waals surface area contributed by atoms with Crippen molar-refractivity contribution in [3.63, 3.8) is 0 Å². The van der Waals surface area contributed by atoms with Crippen LogP contribution in [0.3, 0.4) is 0 Å². The van der Waals surface area contributed by atoms with Gasteiger partial charge in [-0.3, -0.25) is 10.2 Å². The van der Waals surface area contributed by atoms with E-state index in [1.165, 1.54) is 14.0 Å². The van der Waals surface area contributed by atoms with Gasteiger partial charge in [0.05, 0.1) is 11.9 Å². The third-order valence-electron chi connectivity index (χ3n) is 1.82. The van der Waals surface area contributed by atoms with Crippen LogP contribution in [0.1, 0.15) is 6.92 Å². The molecule has 0 radical (unpaired) electrons. The molecule has 0 atom stereocenters. The van der Waals surface area contributed by atoms with Gasteiger partial charge in [0.2, 0.25) is 5.91 Å². The van der Waals surface area contributed by atoms with E-state index in [9.17, 15) is 9.59 Å². The molecule has 0 saturated carbocycles. The third-order valence-corrected chi connectivity index (χ3v) is 1.82. The van der Waals surface area contributed by atoms with Gasteiger partial charge in [0, 0.05) is 7.05 Å². The zero-order chi connectivity index (χ0) is 11.6. The molecule has 0 unspecified atom stereocenters. The Morgan fingerprint density at radius 3 is 2.67 bits per heavy atom. The standard InChI is InChI=1S/C7H10N6O2/c1-4(5(9)14)6-10-11-12(2)7(15)13(6)3-8/h3,8H,1-2H3,(H2,9,14)/b6-4+,8-3?. The number of nitrogens with two attached hydrogens (primary N) is 1. The van der Waals surface area contributed by atoms with Crippen molar-refractivity contribution in [3.05, 3.63) is 11.4 Å². The van der Waals surface area contributed by atoms with Crippen molar-refractivity contribution < 1.29 is 9.59 Å². The molecule has 0 aromatic carbocycles. The highest BCUT2D eigenvalue weighted by Gasteiger charge is 2.27. The normalized spacial score (nSPS) is 19.2. The number of primary amides is 1. The summed E-state index contributed by atoms with van der Waals surface area (Å²) >= 11 is 0. The van der Waals surface area contributed by atoms with E-state index in [4.69, 9.17) is 11.1 Å². The Kier molecular flexibility index (Phi) is 2.79. The van der Waals surface area contributed by atoms with E-state index in [-0.39, 0.29) is 11.4 Å². The number of urea groups is 1. The second-order valence-electron chi connectivity index (χ2n) is 2.81. The van der Waals surface area contributed by atoms with Gasteiger partial charge in [-0.2, -0.15) is 5.01 Å². The summed E-state index contributed by atoms with van der Waals surface area (Å²) < 4.78 is 0. The van der Waals surface area contributed by atoms with Gasteiger partial charge in [0.1, 0.15) is 0 Å². The molecule has 0 aromatic heterocycles. The molecule has 0 saturated heterocycles. The van der Waals surface area contributed by atoms with Crippen LogP contribution >= 0.6 is 0 Å². The van der Waals surface area contributed by atoms with Gasteiger partial charge < -0.3 is 5.73 Å². The van der Waals surface area contributed by atoms with Crippen LogP contribution in [0.5, 0.6) is 0 Å². The Hall–Kier alpha value is -2.25. The molecule has 1 aliphatic heterocycles. The SMILES string of the molecule is C/C(C(N)=O)=C1/N=NN(C)C(=O)N1C=N. The fourth-order valence-corrected chi connectivity index (χ4v) is 0.925. The Morgan fingerprint density at radius 2 is 2.20 bits per heavy atom. The quantitative estimate of drug-likeness (QED) is 0.380. The predicted molar refractivity (Wildman–Crippen MR) is 50.5 cm³/mol. The molecule has 0 fully saturated rings. The summed E-state index contributed by atoms with van der Waals surface area (Å²) in [5, 5.41) is 15.1. The Labute approximate surface area is 85.5 Å². The minimum absolute atomic E-state index is 0.0272. The molecule has 0 aromatic rings. The van der Waals surface area contributed by atoms with Gasteiger partial charge in [0.15, 0.2) is 5.82 Å².